The minimum Gasteiger partial charge on any atom is -0.388 e. The maximum absolute atomic E-state index is 12.6. The molecule has 1 aromatic carbocycles. The van der Waals surface area contributed by atoms with Gasteiger partial charge < -0.3 is 5.32 Å². The Kier molecular flexibility index (Phi) is 4.93. The molecule has 1 aromatic heterocycles. The number of pyridine rings is 1. The monoisotopic (exact) mass is 305 g/mol. The lowest BCUT2D eigenvalue weighted by atomic mass is 10.3. The Morgan fingerprint density at radius 3 is 2.38 bits per heavy atom. The quantitative estimate of drug-likeness (QED) is 0.890. The van der Waals surface area contributed by atoms with Crippen LogP contribution in [0.1, 0.15) is 12.6 Å². The highest BCUT2D eigenvalue weighted by molar-refractivity contribution is 7.89. The maximum Gasteiger partial charge on any atom is 0.243 e. The van der Waals surface area contributed by atoms with E-state index in [-0.39, 0.29) is 6.54 Å². The lowest BCUT2D eigenvalue weighted by Crippen LogP contribution is -2.30. The molecule has 2 rings (SSSR count). The lowest BCUT2D eigenvalue weighted by Gasteiger charge is -2.20. The Labute approximate surface area is 125 Å². The fourth-order valence-electron chi connectivity index (χ4n) is 1.98. The van der Waals surface area contributed by atoms with E-state index in [0.29, 0.717) is 11.4 Å². The van der Waals surface area contributed by atoms with Crippen LogP contribution >= 0.6 is 0 Å². The highest BCUT2D eigenvalue weighted by Crippen LogP contribution is 2.19. The van der Waals surface area contributed by atoms with Crippen LogP contribution in [-0.4, -0.2) is 31.3 Å². The molecule has 2 aromatic rings. The Bertz CT molecular complexity index is 670. The van der Waals surface area contributed by atoms with E-state index in [1.165, 1.54) is 4.31 Å². The number of benzene rings is 1. The predicted molar refractivity (Wildman–Crippen MR) is 83.5 cm³/mol. The Morgan fingerprint density at radius 1 is 1.14 bits per heavy atom. The molecule has 0 saturated carbocycles. The summed E-state index contributed by atoms with van der Waals surface area (Å²) in [6, 6.07) is 12.2. The van der Waals surface area contributed by atoms with Crippen LogP contribution in [0.4, 0.5) is 5.69 Å². The van der Waals surface area contributed by atoms with Crippen molar-refractivity contribution in [3.8, 4) is 0 Å². The fourth-order valence-corrected chi connectivity index (χ4v) is 3.40. The third-order valence-corrected chi connectivity index (χ3v) is 5.13. The summed E-state index contributed by atoms with van der Waals surface area (Å²) in [5, 5.41) is 2.97. The van der Waals surface area contributed by atoms with Gasteiger partial charge in [0.1, 0.15) is 0 Å². The lowest BCUT2D eigenvalue weighted by molar-refractivity contribution is 0.419. The highest BCUT2D eigenvalue weighted by atomic mass is 32.2. The first-order valence-corrected chi connectivity index (χ1v) is 8.20. The molecule has 1 heterocycles. The normalized spacial score (nSPS) is 11.6. The van der Waals surface area contributed by atoms with Crippen molar-refractivity contribution < 1.29 is 8.42 Å². The number of sulfonamides is 1. The van der Waals surface area contributed by atoms with E-state index >= 15 is 0 Å². The average molecular weight is 305 g/mol. The Hall–Kier alpha value is -1.92. The first-order valence-electron chi connectivity index (χ1n) is 6.75. The van der Waals surface area contributed by atoms with E-state index in [2.05, 4.69) is 10.3 Å². The van der Waals surface area contributed by atoms with E-state index in [0.717, 1.165) is 11.4 Å². The summed E-state index contributed by atoms with van der Waals surface area (Å²) in [5.41, 5.74) is 1.61. The number of aromatic nitrogens is 1. The first kappa shape index (κ1) is 15.5. The van der Waals surface area contributed by atoms with Crippen molar-refractivity contribution in [1.82, 2.24) is 9.29 Å². The molecule has 0 aliphatic rings. The Morgan fingerprint density at radius 2 is 1.86 bits per heavy atom. The summed E-state index contributed by atoms with van der Waals surface area (Å²) in [6.45, 7) is 2.49. The molecule has 0 aliphatic carbocycles. The van der Waals surface area contributed by atoms with Crippen molar-refractivity contribution in [2.75, 3.05) is 18.9 Å². The second-order valence-electron chi connectivity index (χ2n) is 4.53. The van der Waals surface area contributed by atoms with Gasteiger partial charge in [0.2, 0.25) is 10.0 Å². The van der Waals surface area contributed by atoms with E-state index < -0.39 is 10.0 Å². The van der Waals surface area contributed by atoms with Crippen molar-refractivity contribution >= 4 is 15.7 Å². The SMILES string of the molecule is CCN(Cc1ccccn1)S(=O)(=O)c1ccc(NC)cc1. The van der Waals surface area contributed by atoms with Crippen LogP contribution < -0.4 is 5.32 Å². The number of rotatable bonds is 6. The molecule has 0 bridgehead atoms. The van der Waals surface area contributed by atoms with Gasteiger partial charge in [0.25, 0.3) is 0 Å². The molecule has 0 saturated heterocycles. The smallest absolute Gasteiger partial charge is 0.243 e. The van der Waals surface area contributed by atoms with E-state index in [1.54, 1.807) is 37.5 Å². The van der Waals surface area contributed by atoms with Crippen molar-refractivity contribution in [2.24, 2.45) is 0 Å². The van der Waals surface area contributed by atoms with Crippen LogP contribution in [0.2, 0.25) is 0 Å². The fraction of sp³-hybridized carbons (Fsp3) is 0.267. The van der Waals surface area contributed by atoms with Gasteiger partial charge in [-0.15, -0.1) is 0 Å². The van der Waals surface area contributed by atoms with Crippen LogP contribution in [0, 0.1) is 0 Å². The maximum atomic E-state index is 12.6. The molecule has 0 aliphatic heterocycles. The van der Waals surface area contributed by atoms with Gasteiger partial charge in [0, 0.05) is 25.5 Å². The number of nitrogens with one attached hydrogen (secondary N) is 1. The van der Waals surface area contributed by atoms with Gasteiger partial charge in [-0.25, -0.2) is 8.42 Å². The zero-order valence-corrected chi connectivity index (χ0v) is 13.0. The topological polar surface area (TPSA) is 62.3 Å². The van der Waals surface area contributed by atoms with Crippen LogP contribution in [0.5, 0.6) is 0 Å². The molecule has 0 fully saturated rings. The molecule has 0 spiro atoms. The van der Waals surface area contributed by atoms with E-state index in [9.17, 15) is 8.42 Å². The molecule has 6 heteroatoms. The third-order valence-electron chi connectivity index (χ3n) is 3.20. The average Bonchev–Trinajstić information content (AvgIpc) is 2.53. The van der Waals surface area contributed by atoms with Gasteiger partial charge in [-0.05, 0) is 36.4 Å². The van der Waals surface area contributed by atoms with Gasteiger partial charge in [-0.1, -0.05) is 13.0 Å². The molecule has 0 unspecified atom stereocenters. The zero-order valence-electron chi connectivity index (χ0n) is 12.2. The molecule has 0 amide bonds. The standard InChI is InChI=1S/C15H19N3O2S/c1-3-18(12-14-6-4-5-11-17-14)21(19,20)15-9-7-13(16-2)8-10-15/h4-11,16H,3,12H2,1-2H3. The van der Waals surface area contributed by atoms with E-state index in [1.807, 2.05) is 25.1 Å². The second kappa shape index (κ2) is 6.69. The molecule has 5 nitrogen and oxygen atoms in total. The number of anilines is 1. The number of nitrogens with zero attached hydrogens (tertiary/aromatic N) is 2. The summed E-state index contributed by atoms with van der Waals surface area (Å²) < 4.78 is 26.7. The molecule has 21 heavy (non-hydrogen) atoms. The van der Waals surface area contributed by atoms with E-state index in [4.69, 9.17) is 0 Å². The molecule has 1 N–H and O–H groups in total. The molecule has 0 atom stereocenters. The van der Waals surface area contributed by atoms with Crippen LogP contribution in [0.3, 0.4) is 0 Å². The number of hydrogen-bond donors (Lipinski definition) is 1. The van der Waals surface area contributed by atoms with Crippen molar-refractivity contribution in [3.05, 3.63) is 54.4 Å². The second-order valence-corrected chi connectivity index (χ2v) is 6.46. The first-order chi connectivity index (χ1) is 10.1. The Balaban J connectivity index is 2.26. The van der Waals surface area contributed by atoms with Crippen molar-refractivity contribution in [3.63, 3.8) is 0 Å². The zero-order chi connectivity index (χ0) is 15.3. The van der Waals surface area contributed by atoms with Gasteiger partial charge in [0.05, 0.1) is 17.1 Å². The van der Waals surface area contributed by atoms with Crippen LogP contribution in [0.25, 0.3) is 0 Å². The minimum atomic E-state index is -3.51. The van der Waals surface area contributed by atoms with Gasteiger partial charge in [-0.3, -0.25) is 4.98 Å². The van der Waals surface area contributed by atoms with Gasteiger partial charge in [0.15, 0.2) is 0 Å². The summed E-state index contributed by atoms with van der Waals surface area (Å²) in [6.07, 6.45) is 1.66. The van der Waals surface area contributed by atoms with Crippen LogP contribution in [0.15, 0.2) is 53.6 Å². The molecule has 112 valence electrons. The van der Waals surface area contributed by atoms with Gasteiger partial charge in [-0.2, -0.15) is 4.31 Å². The van der Waals surface area contributed by atoms with Gasteiger partial charge >= 0.3 is 0 Å². The molecule has 0 radical (unpaired) electrons. The minimum absolute atomic E-state index is 0.271. The summed E-state index contributed by atoms with van der Waals surface area (Å²) in [7, 11) is -1.71. The number of hydrogen-bond acceptors (Lipinski definition) is 4. The third kappa shape index (κ3) is 3.59. The van der Waals surface area contributed by atoms with Crippen LogP contribution in [-0.2, 0) is 16.6 Å². The molecular weight excluding hydrogens is 286 g/mol. The predicted octanol–water partition coefficient (Wildman–Crippen LogP) is 2.33. The summed E-state index contributed by atoms with van der Waals surface area (Å²) >= 11 is 0. The van der Waals surface area contributed by atoms with Crippen molar-refractivity contribution in [1.29, 1.82) is 0 Å². The molecular formula is C15H19N3O2S. The van der Waals surface area contributed by atoms with Crippen molar-refractivity contribution in [2.45, 2.75) is 18.4 Å². The summed E-state index contributed by atoms with van der Waals surface area (Å²) in [5.74, 6) is 0. The highest BCUT2D eigenvalue weighted by Gasteiger charge is 2.23. The largest absolute Gasteiger partial charge is 0.388 e. The summed E-state index contributed by atoms with van der Waals surface area (Å²) in [4.78, 5) is 4.48.